The van der Waals surface area contributed by atoms with Crippen LogP contribution in [0.5, 0.6) is 0 Å². The molecule has 2 aliphatic rings. The third-order valence-electron chi connectivity index (χ3n) is 4.41. The molecule has 0 radical (unpaired) electrons. The van der Waals surface area contributed by atoms with Gasteiger partial charge in [0.25, 0.3) is 0 Å². The quantitative estimate of drug-likeness (QED) is 0.756. The predicted molar refractivity (Wildman–Crippen MR) is 93.4 cm³/mol. The number of imide groups is 1. The van der Waals surface area contributed by atoms with Gasteiger partial charge in [-0.15, -0.1) is 0 Å². The van der Waals surface area contributed by atoms with Crippen molar-refractivity contribution in [3.05, 3.63) is 33.8 Å². The minimum atomic E-state index is -1.06. The van der Waals surface area contributed by atoms with Gasteiger partial charge < -0.3 is 19.6 Å². The summed E-state index contributed by atoms with van der Waals surface area (Å²) >= 11 is 12.1. The summed E-state index contributed by atoms with van der Waals surface area (Å²) in [5.74, 6) is -0.756. The van der Waals surface area contributed by atoms with Gasteiger partial charge >= 0.3 is 12.1 Å². The fourth-order valence-electron chi connectivity index (χ4n) is 3.19. The molecule has 8 nitrogen and oxygen atoms in total. The molecule has 2 fully saturated rings. The molecule has 0 spiro atoms. The lowest BCUT2D eigenvalue weighted by atomic mass is 9.94. The van der Waals surface area contributed by atoms with Crippen molar-refractivity contribution in [2.24, 2.45) is 5.92 Å². The maximum absolute atomic E-state index is 11.9. The lowest BCUT2D eigenvalue weighted by Gasteiger charge is -2.30. The van der Waals surface area contributed by atoms with E-state index in [-0.39, 0.29) is 44.6 Å². The van der Waals surface area contributed by atoms with Crippen LogP contribution in [0.3, 0.4) is 0 Å². The van der Waals surface area contributed by atoms with Crippen molar-refractivity contribution in [1.82, 2.24) is 15.1 Å². The molecule has 0 unspecified atom stereocenters. The number of carbonyl (C=O) groups is 3. The molecule has 0 bridgehead atoms. The number of carboxylic acid groups (broad SMARTS) is 1. The number of benzene rings is 1. The lowest BCUT2D eigenvalue weighted by molar-refractivity contribution is -0.118. The van der Waals surface area contributed by atoms with E-state index in [0.717, 1.165) is 5.56 Å². The van der Waals surface area contributed by atoms with Crippen molar-refractivity contribution in [2.75, 3.05) is 32.8 Å². The maximum Gasteiger partial charge on any atom is 0.407 e. The second kappa shape index (κ2) is 7.69. The Morgan fingerprint density at radius 3 is 2.69 bits per heavy atom. The second-order valence-electron chi connectivity index (χ2n) is 6.19. The van der Waals surface area contributed by atoms with E-state index >= 15 is 0 Å². The Morgan fingerprint density at radius 2 is 2.08 bits per heavy atom. The molecule has 10 heteroatoms. The van der Waals surface area contributed by atoms with Gasteiger partial charge in [0, 0.05) is 25.6 Å². The Hall–Kier alpha value is -2.03. The molecule has 2 N–H and O–H groups in total. The van der Waals surface area contributed by atoms with Gasteiger partial charge in [0.05, 0.1) is 22.8 Å². The molecule has 1 aromatic carbocycles. The minimum Gasteiger partial charge on any atom is -0.465 e. The van der Waals surface area contributed by atoms with E-state index in [2.05, 4.69) is 5.32 Å². The van der Waals surface area contributed by atoms with Crippen molar-refractivity contribution < 1.29 is 24.2 Å². The SMILES string of the molecule is O=C1CN(C[C@@H]2CN(C(=O)O)CCO[C@H]2c2ccc(Cl)c(Cl)c2)C(=O)N1. The van der Waals surface area contributed by atoms with Crippen molar-refractivity contribution in [3.8, 4) is 0 Å². The fraction of sp³-hybridized carbons (Fsp3) is 0.438. The monoisotopic (exact) mass is 401 g/mol. The number of rotatable bonds is 3. The predicted octanol–water partition coefficient (Wildman–Crippen LogP) is 2.21. The van der Waals surface area contributed by atoms with Crippen LogP contribution >= 0.6 is 23.2 Å². The molecule has 140 valence electrons. The first-order valence-electron chi connectivity index (χ1n) is 7.98. The maximum atomic E-state index is 11.9. The molecule has 2 heterocycles. The summed E-state index contributed by atoms with van der Waals surface area (Å²) in [4.78, 5) is 37.4. The van der Waals surface area contributed by atoms with E-state index in [0.29, 0.717) is 10.0 Å². The molecular weight excluding hydrogens is 385 g/mol. The highest BCUT2D eigenvalue weighted by atomic mass is 35.5. The largest absolute Gasteiger partial charge is 0.465 e. The van der Waals surface area contributed by atoms with Gasteiger partial charge in [-0.05, 0) is 17.7 Å². The van der Waals surface area contributed by atoms with Crippen molar-refractivity contribution >= 4 is 41.2 Å². The zero-order valence-corrected chi connectivity index (χ0v) is 15.2. The Morgan fingerprint density at radius 1 is 1.31 bits per heavy atom. The number of hydrogen-bond acceptors (Lipinski definition) is 4. The first-order chi connectivity index (χ1) is 12.3. The Kier molecular flexibility index (Phi) is 5.55. The minimum absolute atomic E-state index is 0.0590. The molecule has 26 heavy (non-hydrogen) atoms. The van der Waals surface area contributed by atoms with Gasteiger partial charge in [-0.1, -0.05) is 29.3 Å². The van der Waals surface area contributed by atoms with Crippen molar-refractivity contribution in [3.63, 3.8) is 0 Å². The van der Waals surface area contributed by atoms with Gasteiger partial charge in [0.15, 0.2) is 0 Å². The van der Waals surface area contributed by atoms with Crippen LogP contribution < -0.4 is 5.32 Å². The van der Waals surface area contributed by atoms with Gasteiger partial charge in [-0.2, -0.15) is 0 Å². The summed E-state index contributed by atoms with van der Waals surface area (Å²) in [6.07, 6.45) is -1.55. The number of ether oxygens (including phenoxy) is 1. The summed E-state index contributed by atoms with van der Waals surface area (Å²) < 4.78 is 5.90. The molecule has 2 atom stereocenters. The zero-order valence-electron chi connectivity index (χ0n) is 13.7. The average Bonchev–Trinajstić information content (AvgIpc) is 2.78. The highest BCUT2D eigenvalue weighted by Gasteiger charge is 2.36. The number of carbonyl (C=O) groups excluding carboxylic acids is 2. The summed E-state index contributed by atoms with van der Waals surface area (Å²) in [6.45, 7) is 0.703. The second-order valence-corrected chi connectivity index (χ2v) is 7.00. The zero-order chi connectivity index (χ0) is 18.8. The van der Waals surface area contributed by atoms with Crippen LogP contribution in [0.2, 0.25) is 10.0 Å². The highest BCUT2D eigenvalue weighted by molar-refractivity contribution is 6.42. The number of halogens is 2. The molecule has 0 aromatic heterocycles. The third kappa shape index (κ3) is 4.03. The molecule has 0 saturated carbocycles. The van der Waals surface area contributed by atoms with Crippen LogP contribution in [0.1, 0.15) is 11.7 Å². The summed E-state index contributed by atoms with van der Waals surface area (Å²) in [6, 6.07) is 4.59. The molecular formula is C16H17Cl2N3O5. The normalized spacial score (nSPS) is 23.8. The van der Waals surface area contributed by atoms with Crippen LogP contribution in [-0.2, 0) is 9.53 Å². The number of urea groups is 1. The smallest absolute Gasteiger partial charge is 0.407 e. The van der Waals surface area contributed by atoms with Crippen LogP contribution in [0.4, 0.5) is 9.59 Å². The van der Waals surface area contributed by atoms with Crippen molar-refractivity contribution in [1.29, 1.82) is 0 Å². The molecule has 2 saturated heterocycles. The molecule has 3 rings (SSSR count). The van der Waals surface area contributed by atoms with Gasteiger partial charge in [-0.25, -0.2) is 9.59 Å². The van der Waals surface area contributed by atoms with Crippen LogP contribution in [-0.4, -0.2) is 65.7 Å². The number of nitrogens with one attached hydrogen (secondary N) is 1. The Balaban J connectivity index is 1.88. The molecule has 0 aliphatic carbocycles. The van der Waals surface area contributed by atoms with Crippen LogP contribution in [0.25, 0.3) is 0 Å². The van der Waals surface area contributed by atoms with Crippen LogP contribution in [0, 0.1) is 5.92 Å². The van der Waals surface area contributed by atoms with Crippen molar-refractivity contribution in [2.45, 2.75) is 6.10 Å². The summed E-state index contributed by atoms with van der Waals surface area (Å²) in [7, 11) is 0. The Bertz CT molecular complexity index is 745. The summed E-state index contributed by atoms with van der Waals surface area (Å²) in [5, 5.41) is 12.3. The van der Waals surface area contributed by atoms with E-state index in [1.165, 1.54) is 9.80 Å². The van der Waals surface area contributed by atoms with Gasteiger partial charge in [0.1, 0.15) is 6.54 Å². The summed E-state index contributed by atoms with van der Waals surface area (Å²) in [5.41, 5.74) is 0.738. The van der Waals surface area contributed by atoms with E-state index in [9.17, 15) is 19.5 Å². The van der Waals surface area contributed by atoms with Gasteiger partial charge in [-0.3, -0.25) is 10.1 Å². The fourth-order valence-corrected chi connectivity index (χ4v) is 3.50. The van der Waals surface area contributed by atoms with Crippen LogP contribution in [0.15, 0.2) is 18.2 Å². The number of nitrogens with zero attached hydrogens (tertiary/aromatic N) is 2. The number of amides is 4. The first kappa shape index (κ1) is 18.8. The lowest BCUT2D eigenvalue weighted by Crippen LogP contribution is -2.41. The molecule has 4 amide bonds. The first-order valence-corrected chi connectivity index (χ1v) is 8.74. The number of hydrogen-bond donors (Lipinski definition) is 2. The standard InChI is InChI=1S/C16H17Cl2N3O5/c17-11-2-1-9(5-12(11)18)14-10(6-20(16(24)25)3-4-26-14)7-21-8-13(22)19-15(21)23/h1-2,5,10,14H,3-4,6-8H2,(H,24,25)(H,19,22,23)/t10-,14-/m0/s1. The molecule has 2 aliphatic heterocycles. The van der Waals surface area contributed by atoms with Gasteiger partial charge in [0.2, 0.25) is 5.91 Å². The topological polar surface area (TPSA) is 99.2 Å². The van der Waals surface area contributed by atoms with E-state index < -0.39 is 18.2 Å². The third-order valence-corrected chi connectivity index (χ3v) is 5.15. The van der Waals surface area contributed by atoms with E-state index in [1.54, 1.807) is 18.2 Å². The highest BCUT2D eigenvalue weighted by Crippen LogP contribution is 2.34. The van der Waals surface area contributed by atoms with E-state index in [1.807, 2.05) is 0 Å². The average molecular weight is 402 g/mol. The Labute approximate surface area is 159 Å². The van der Waals surface area contributed by atoms with E-state index in [4.69, 9.17) is 27.9 Å². The molecule has 1 aromatic rings.